The third-order valence-corrected chi connectivity index (χ3v) is 3.68. The highest BCUT2D eigenvalue weighted by molar-refractivity contribution is 5.36. The maximum atomic E-state index is 9.45. The maximum Gasteiger partial charge on any atom is 0.122 e. The van der Waals surface area contributed by atoms with Crippen LogP contribution in [0.5, 0.6) is 5.75 Å². The van der Waals surface area contributed by atoms with Crippen LogP contribution in [0.1, 0.15) is 37.2 Å². The van der Waals surface area contributed by atoms with Gasteiger partial charge in [-0.15, -0.1) is 0 Å². The number of benzene rings is 1. The highest BCUT2D eigenvalue weighted by Gasteiger charge is 2.27. The van der Waals surface area contributed by atoms with E-state index in [4.69, 9.17) is 4.74 Å². The summed E-state index contributed by atoms with van der Waals surface area (Å²) < 4.78 is 5.41. The van der Waals surface area contributed by atoms with E-state index in [0.717, 1.165) is 12.2 Å². The number of ether oxygens (including phenoxy) is 1. The second-order valence-corrected chi connectivity index (χ2v) is 4.58. The molecule has 1 aromatic rings. The molecule has 0 aliphatic heterocycles. The largest absolute Gasteiger partial charge is 0.496 e. The first kappa shape index (κ1) is 11.5. The van der Waals surface area contributed by atoms with Gasteiger partial charge in [-0.1, -0.05) is 31.0 Å². The first-order chi connectivity index (χ1) is 7.86. The van der Waals surface area contributed by atoms with Gasteiger partial charge in [0.25, 0.3) is 0 Å². The summed E-state index contributed by atoms with van der Waals surface area (Å²) in [6.07, 6.45) is 4.82. The van der Waals surface area contributed by atoms with Gasteiger partial charge in [-0.3, -0.25) is 0 Å². The number of aliphatic hydroxyl groups excluding tert-OH is 1. The lowest BCUT2D eigenvalue weighted by Crippen LogP contribution is -2.21. The lowest BCUT2D eigenvalue weighted by atomic mass is 9.75. The summed E-state index contributed by atoms with van der Waals surface area (Å²) in [7, 11) is 1.72. The number of methoxy groups -OCH3 is 1. The van der Waals surface area contributed by atoms with Crippen molar-refractivity contribution in [2.75, 3.05) is 13.7 Å². The van der Waals surface area contributed by atoms with Crippen LogP contribution in [-0.4, -0.2) is 18.8 Å². The number of hydrogen-bond donors (Lipinski definition) is 1. The minimum absolute atomic E-state index is 0.294. The van der Waals surface area contributed by atoms with Gasteiger partial charge in [0, 0.05) is 6.61 Å². The van der Waals surface area contributed by atoms with Crippen molar-refractivity contribution in [1.29, 1.82) is 0 Å². The number of aliphatic hydroxyl groups is 1. The lowest BCUT2D eigenvalue weighted by molar-refractivity contribution is 0.168. The Morgan fingerprint density at radius 3 is 2.75 bits per heavy atom. The molecule has 0 aromatic heterocycles. The predicted molar refractivity (Wildman–Crippen MR) is 64.8 cm³/mol. The zero-order valence-electron chi connectivity index (χ0n) is 9.86. The standard InChI is InChI=1S/C14H20O2/c1-16-14-9-5-4-8-13(14)12-7-3-2-6-11(12)10-15/h4-5,8-9,11-12,15H,2-3,6-7,10H2,1H3/t11-,12-/m1/s1. The monoisotopic (exact) mass is 220 g/mol. The zero-order valence-corrected chi connectivity index (χ0v) is 9.86. The van der Waals surface area contributed by atoms with Crippen molar-refractivity contribution < 1.29 is 9.84 Å². The fraction of sp³-hybridized carbons (Fsp3) is 0.571. The van der Waals surface area contributed by atoms with Crippen LogP contribution in [0.4, 0.5) is 0 Å². The summed E-state index contributed by atoms with van der Waals surface area (Å²) in [6, 6.07) is 8.20. The molecule has 0 heterocycles. The number of hydrogen-bond acceptors (Lipinski definition) is 2. The first-order valence-corrected chi connectivity index (χ1v) is 6.10. The molecule has 88 valence electrons. The summed E-state index contributed by atoms with van der Waals surface area (Å²) in [6.45, 7) is 0.294. The first-order valence-electron chi connectivity index (χ1n) is 6.10. The molecule has 2 atom stereocenters. The van der Waals surface area contributed by atoms with E-state index in [1.807, 2.05) is 12.1 Å². The fourth-order valence-electron chi connectivity index (χ4n) is 2.81. The van der Waals surface area contributed by atoms with E-state index in [2.05, 4.69) is 12.1 Å². The third kappa shape index (κ3) is 2.22. The van der Waals surface area contributed by atoms with E-state index >= 15 is 0 Å². The molecule has 2 heteroatoms. The summed E-state index contributed by atoms with van der Waals surface area (Å²) >= 11 is 0. The van der Waals surface area contributed by atoms with Crippen LogP contribution in [0.2, 0.25) is 0 Å². The minimum atomic E-state index is 0.294. The molecule has 1 N–H and O–H groups in total. The van der Waals surface area contributed by atoms with Crippen molar-refractivity contribution in [2.24, 2.45) is 5.92 Å². The Hall–Kier alpha value is -1.02. The molecule has 1 fully saturated rings. The van der Waals surface area contributed by atoms with E-state index in [9.17, 15) is 5.11 Å². The van der Waals surface area contributed by atoms with Crippen molar-refractivity contribution in [1.82, 2.24) is 0 Å². The van der Waals surface area contributed by atoms with Crippen LogP contribution >= 0.6 is 0 Å². The molecule has 16 heavy (non-hydrogen) atoms. The average Bonchev–Trinajstić information content (AvgIpc) is 2.38. The number of rotatable bonds is 3. The zero-order chi connectivity index (χ0) is 11.4. The van der Waals surface area contributed by atoms with Crippen LogP contribution in [-0.2, 0) is 0 Å². The molecule has 2 nitrogen and oxygen atoms in total. The molecule has 1 saturated carbocycles. The van der Waals surface area contributed by atoms with E-state index in [1.54, 1.807) is 7.11 Å². The molecule has 0 amide bonds. The van der Waals surface area contributed by atoms with E-state index in [0.29, 0.717) is 18.4 Å². The quantitative estimate of drug-likeness (QED) is 0.848. The van der Waals surface area contributed by atoms with Crippen LogP contribution in [0, 0.1) is 5.92 Å². The van der Waals surface area contributed by atoms with Crippen LogP contribution in [0.15, 0.2) is 24.3 Å². The molecule has 0 spiro atoms. The molecule has 2 rings (SSSR count). The molecular formula is C14H20O2. The molecule has 0 bridgehead atoms. The van der Waals surface area contributed by atoms with Crippen molar-refractivity contribution in [3.63, 3.8) is 0 Å². The second kappa shape index (κ2) is 5.35. The second-order valence-electron chi connectivity index (χ2n) is 4.58. The maximum absolute atomic E-state index is 9.45. The van der Waals surface area contributed by atoms with Crippen molar-refractivity contribution in [3.05, 3.63) is 29.8 Å². The molecule has 1 aliphatic carbocycles. The molecular weight excluding hydrogens is 200 g/mol. The Labute approximate surface area is 97.3 Å². The summed E-state index contributed by atoms with van der Waals surface area (Å²) in [4.78, 5) is 0. The van der Waals surface area contributed by atoms with Gasteiger partial charge in [-0.2, -0.15) is 0 Å². The van der Waals surface area contributed by atoms with Gasteiger partial charge in [0.15, 0.2) is 0 Å². The highest BCUT2D eigenvalue weighted by atomic mass is 16.5. The van der Waals surface area contributed by atoms with Crippen molar-refractivity contribution in [3.8, 4) is 5.75 Å². The predicted octanol–water partition coefficient (Wildman–Crippen LogP) is 2.96. The van der Waals surface area contributed by atoms with Crippen LogP contribution in [0.3, 0.4) is 0 Å². The van der Waals surface area contributed by atoms with Gasteiger partial charge in [-0.25, -0.2) is 0 Å². The molecule has 1 aliphatic rings. The van der Waals surface area contributed by atoms with Gasteiger partial charge in [-0.05, 0) is 36.3 Å². The Balaban J connectivity index is 2.26. The SMILES string of the molecule is COc1ccccc1[C@@H]1CCCC[C@@H]1CO. The van der Waals surface area contributed by atoms with Gasteiger partial charge >= 0.3 is 0 Å². The van der Waals surface area contributed by atoms with Crippen molar-refractivity contribution in [2.45, 2.75) is 31.6 Å². The smallest absolute Gasteiger partial charge is 0.122 e. The normalized spacial score (nSPS) is 25.4. The Morgan fingerprint density at radius 1 is 1.25 bits per heavy atom. The van der Waals surface area contributed by atoms with Gasteiger partial charge in [0.05, 0.1) is 7.11 Å². The van der Waals surface area contributed by atoms with E-state index < -0.39 is 0 Å². The number of para-hydroxylation sites is 1. The fourth-order valence-corrected chi connectivity index (χ4v) is 2.81. The molecule has 0 unspecified atom stereocenters. The van der Waals surface area contributed by atoms with Gasteiger partial charge < -0.3 is 9.84 Å². The van der Waals surface area contributed by atoms with Gasteiger partial charge in [0.2, 0.25) is 0 Å². The van der Waals surface area contributed by atoms with Crippen LogP contribution in [0.25, 0.3) is 0 Å². The lowest BCUT2D eigenvalue weighted by Gasteiger charge is -2.31. The Bertz CT molecular complexity index is 335. The Morgan fingerprint density at radius 2 is 2.00 bits per heavy atom. The molecule has 0 radical (unpaired) electrons. The minimum Gasteiger partial charge on any atom is -0.496 e. The summed E-state index contributed by atoms with van der Waals surface area (Å²) in [5, 5.41) is 9.45. The molecule has 1 aromatic carbocycles. The van der Waals surface area contributed by atoms with E-state index in [1.165, 1.54) is 24.8 Å². The topological polar surface area (TPSA) is 29.5 Å². The summed E-state index contributed by atoms with van der Waals surface area (Å²) in [5.41, 5.74) is 1.27. The third-order valence-electron chi connectivity index (χ3n) is 3.68. The average molecular weight is 220 g/mol. The van der Waals surface area contributed by atoms with Gasteiger partial charge in [0.1, 0.15) is 5.75 Å². The van der Waals surface area contributed by atoms with Crippen LogP contribution < -0.4 is 4.74 Å². The van der Waals surface area contributed by atoms with Crippen molar-refractivity contribution >= 4 is 0 Å². The highest BCUT2D eigenvalue weighted by Crippen LogP contribution is 2.40. The molecule has 0 saturated heterocycles. The van der Waals surface area contributed by atoms with E-state index in [-0.39, 0.29) is 0 Å². The Kier molecular flexibility index (Phi) is 3.83. The summed E-state index contributed by atoms with van der Waals surface area (Å²) in [5.74, 6) is 1.84.